The second-order valence-corrected chi connectivity index (χ2v) is 6.61. The fourth-order valence-electron chi connectivity index (χ4n) is 2.92. The fraction of sp³-hybridized carbons (Fsp3) is 0.435. The third-order valence-electron chi connectivity index (χ3n) is 4.53. The summed E-state index contributed by atoms with van der Waals surface area (Å²) in [6.45, 7) is 5.05. The molecule has 0 radical (unpaired) electrons. The third-order valence-corrected chi connectivity index (χ3v) is 4.53. The van der Waals surface area contributed by atoms with Gasteiger partial charge in [0.25, 0.3) is 5.91 Å². The lowest BCUT2D eigenvalue weighted by molar-refractivity contribution is 0.102. The van der Waals surface area contributed by atoms with Gasteiger partial charge in [0.05, 0.1) is 6.61 Å². The standard InChI is InChI=1S/C23H31NO2/c1-3-5-6-7-8-11-18-26-21-16-14-20(15-17-21)23(25)24-22-13-10-9-12-19(22)4-2/h9-10,12-17H,3-8,11,18H2,1-2H3,(H,24,25). The van der Waals surface area contributed by atoms with Crippen molar-refractivity contribution < 1.29 is 9.53 Å². The maximum Gasteiger partial charge on any atom is 0.255 e. The van der Waals surface area contributed by atoms with E-state index in [1.807, 2.05) is 48.5 Å². The highest BCUT2D eigenvalue weighted by molar-refractivity contribution is 6.04. The van der Waals surface area contributed by atoms with Gasteiger partial charge in [0.15, 0.2) is 0 Å². The minimum atomic E-state index is -0.0895. The van der Waals surface area contributed by atoms with E-state index in [4.69, 9.17) is 4.74 Å². The molecule has 3 heteroatoms. The van der Waals surface area contributed by atoms with Crippen LogP contribution in [0.1, 0.15) is 68.3 Å². The molecule has 0 aromatic heterocycles. The van der Waals surface area contributed by atoms with Crippen molar-refractivity contribution in [2.75, 3.05) is 11.9 Å². The Hall–Kier alpha value is -2.29. The van der Waals surface area contributed by atoms with Crippen LogP contribution in [0.15, 0.2) is 48.5 Å². The molecule has 1 amide bonds. The van der Waals surface area contributed by atoms with E-state index in [-0.39, 0.29) is 5.91 Å². The second-order valence-electron chi connectivity index (χ2n) is 6.61. The lowest BCUT2D eigenvalue weighted by Crippen LogP contribution is -2.13. The third kappa shape index (κ3) is 6.55. The highest BCUT2D eigenvalue weighted by Crippen LogP contribution is 2.18. The first-order chi connectivity index (χ1) is 12.7. The van der Waals surface area contributed by atoms with Crippen molar-refractivity contribution in [2.24, 2.45) is 0 Å². The molecular weight excluding hydrogens is 322 g/mol. The molecule has 2 aromatic carbocycles. The Morgan fingerprint density at radius 1 is 0.885 bits per heavy atom. The van der Waals surface area contributed by atoms with E-state index in [2.05, 4.69) is 19.2 Å². The maximum atomic E-state index is 12.4. The van der Waals surface area contributed by atoms with Gasteiger partial charge in [-0.1, -0.05) is 64.2 Å². The van der Waals surface area contributed by atoms with E-state index in [1.54, 1.807) is 0 Å². The molecule has 3 nitrogen and oxygen atoms in total. The van der Waals surface area contributed by atoms with Crippen molar-refractivity contribution in [1.82, 2.24) is 0 Å². The zero-order chi connectivity index (χ0) is 18.6. The molecule has 0 saturated heterocycles. The summed E-state index contributed by atoms with van der Waals surface area (Å²) in [6.07, 6.45) is 8.41. The largest absolute Gasteiger partial charge is 0.494 e. The normalized spacial score (nSPS) is 10.5. The summed E-state index contributed by atoms with van der Waals surface area (Å²) in [6, 6.07) is 15.3. The molecule has 0 aliphatic carbocycles. The number of hydrogen-bond acceptors (Lipinski definition) is 2. The van der Waals surface area contributed by atoms with Crippen LogP contribution in [-0.2, 0) is 6.42 Å². The maximum absolute atomic E-state index is 12.4. The molecule has 140 valence electrons. The quantitative estimate of drug-likeness (QED) is 0.486. The van der Waals surface area contributed by atoms with Gasteiger partial charge in [-0.05, 0) is 48.7 Å². The molecule has 26 heavy (non-hydrogen) atoms. The average Bonchev–Trinajstić information content (AvgIpc) is 2.68. The Morgan fingerprint density at radius 3 is 2.31 bits per heavy atom. The average molecular weight is 354 g/mol. The molecule has 0 fully saturated rings. The fourth-order valence-corrected chi connectivity index (χ4v) is 2.92. The van der Waals surface area contributed by atoms with Gasteiger partial charge in [-0.2, -0.15) is 0 Å². The van der Waals surface area contributed by atoms with Gasteiger partial charge in [-0.15, -0.1) is 0 Å². The summed E-state index contributed by atoms with van der Waals surface area (Å²) >= 11 is 0. The number of hydrogen-bond donors (Lipinski definition) is 1. The number of amides is 1. The van der Waals surface area contributed by atoms with E-state index in [9.17, 15) is 4.79 Å². The molecule has 2 rings (SSSR count). The predicted molar refractivity (Wildman–Crippen MR) is 109 cm³/mol. The van der Waals surface area contributed by atoms with Crippen LogP contribution in [0.3, 0.4) is 0 Å². The molecule has 0 heterocycles. The Kier molecular flexibility index (Phi) is 8.74. The molecule has 2 aromatic rings. The minimum absolute atomic E-state index is 0.0895. The van der Waals surface area contributed by atoms with E-state index in [1.165, 1.54) is 32.1 Å². The van der Waals surface area contributed by atoms with Crippen LogP contribution in [0.25, 0.3) is 0 Å². The summed E-state index contributed by atoms with van der Waals surface area (Å²) in [5, 5.41) is 2.99. The highest BCUT2D eigenvalue weighted by atomic mass is 16.5. The number of unbranched alkanes of at least 4 members (excludes halogenated alkanes) is 5. The number of nitrogens with one attached hydrogen (secondary N) is 1. The zero-order valence-electron chi connectivity index (χ0n) is 16.1. The number of carbonyl (C=O) groups is 1. The van der Waals surface area contributed by atoms with E-state index >= 15 is 0 Å². The van der Waals surface area contributed by atoms with Crippen molar-refractivity contribution in [1.29, 1.82) is 0 Å². The van der Waals surface area contributed by atoms with Crippen LogP contribution < -0.4 is 10.1 Å². The number of ether oxygens (including phenoxy) is 1. The summed E-state index contributed by atoms with van der Waals surface area (Å²) in [7, 11) is 0. The number of para-hydroxylation sites is 1. The van der Waals surface area contributed by atoms with Crippen LogP contribution >= 0.6 is 0 Å². The number of rotatable bonds is 11. The van der Waals surface area contributed by atoms with Crippen LogP contribution in [0.5, 0.6) is 5.75 Å². The van der Waals surface area contributed by atoms with Crippen molar-refractivity contribution in [3.05, 3.63) is 59.7 Å². The van der Waals surface area contributed by atoms with Crippen LogP contribution in [0.2, 0.25) is 0 Å². The molecule has 0 atom stereocenters. The summed E-state index contributed by atoms with van der Waals surface area (Å²) < 4.78 is 5.77. The molecule has 0 bridgehead atoms. The van der Waals surface area contributed by atoms with Crippen LogP contribution in [0.4, 0.5) is 5.69 Å². The number of carbonyl (C=O) groups excluding carboxylic acids is 1. The lowest BCUT2D eigenvalue weighted by atomic mass is 10.1. The van der Waals surface area contributed by atoms with Crippen LogP contribution in [-0.4, -0.2) is 12.5 Å². The van der Waals surface area contributed by atoms with E-state index < -0.39 is 0 Å². The first-order valence-corrected chi connectivity index (χ1v) is 9.86. The van der Waals surface area contributed by atoms with Gasteiger partial charge in [0.1, 0.15) is 5.75 Å². The number of aryl methyl sites for hydroxylation is 1. The van der Waals surface area contributed by atoms with Crippen molar-refractivity contribution in [3.8, 4) is 5.75 Å². The molecule has 0 aliphatic rings. The summed E-state index contributed by atoms with van der Waals surface area (Å²) in [4.78, 5) is 12.4. The minimum Gasteiger partial charge on any atom is -0.494 e. The first-order valence-electron chi connectivity index (χ1n) is 9.86. The van der Waals surface area contributed by atoms with Gasteiger partial charge in [0.2, 0.25) is 0 Å². The van der Waals surface area contributed by atoms with Crippen molar-refractivity contribution in [2.45, 2.75) is 58.8 Å². The molecule has 0 spiro atoms. The summed E-state index contributed by atoms with van der Waals surface area (Å²) in [5.74, 6) is 0.734. The van der Waals surface area contributed by atoms with Gasteiger partial charge in [0, 0.05) is 11.3 Å². The van der Waals surface area contributed by atoms with Crippen molar-refractivity contribution in [3.63, 3.8) is 0 Å². The van der Waals surface area contributed by atoms with Gasteiger partial charge in [-0.3, -0.25) is 4.79 Å². The molecule has 0 aliphatic heterocycles. The Balaban J connectivity index is 1.78. The lowest BCUT2D eigenvalue weighted by Gasteiger charge is -2.10. The predicted octanol–water partition coefficient (Wildman–Crippen LogP) is 6.24. The monoisotopic (exact) mass is 353 g/mol. The topological polar surface area (TPSA) is 38.3 Å². The summed E-state index contributed by atoms with van der Waals surface area (Å²) in [5.41, 5.74) is 2.66. The van der Waals surface area contributed by atoms with E-state index in [0.717, 1.165) is 36.4 Å². The SMILES string of the molecule is CCCCCCCCOc1ccc(C(=O)Nc2ccccc2CC)cc1. The number of benzene rings is 2. The van der Waals surface area contributed by atoms with Crippen molar-refractivity contribution >= 4 is 11.6 Å². The Morgan fingerprint density at radius 2 is 1.58 bits per heavy atom. The molecular formula is C23H31NO2. The molecule has 0 unspecified atom stereocenters. The second kappa shape index (κ2) is 11.3. The zero-order valence-corrected chi connectivity index (χ0v) is 16.1. The smallest absolute Gasteiger partial charge is 0.255 e. The van der Waals surface area contributed by atoms with E-state index in [0.29, 0.717) is 5.56 Å². The van der Waals surface area contributed by atoms with Crippen LogP contribution in [0, 0.1) is 0 Å². The number of anilines is 1. The Labute approximate surface area is 157 Å². The van der Waals surface area contributed by atoms with Gasteiger partial charge < -0.3 is 10.1 Å². The highest BCUT2D eigenvalue weighted by Gasteiger charge is 2.08. The first kappa shape index (κ1) is 20.0. The molecule has 1 N–H and O–H groups in total. The van der Waals surface area contributed by atoms with Gasteiger partial charge >= 0.3 is 0 Å². The van der Waals surface area contributed by atoms with Gasteiger partial charge in [-0.25, -0.2) is 0 Å². The molecule has 0 saturated carbocycles. The Bertz CT molecular complexity index is 664.